The second-order valence-corrected chi connectivity index (χ2v) is 6.36. The van der Waals surface area contributed by atoms with Crippen molar-refractivity contribution >= 4 is 16.8 Å². The lowest BCUT2D eigenvalue weighted by atomic mass is 10.1. The van der Waals surface area contributed by atoms with E-state index in [0.29, 0.717) is 0 Å². The third-order valence-corrected chi connectivity index (χ3v) is 4.61. The maximum absolute atomic E-state index is 12.4. The smallest absolute Gasteiger partial charge is 0.244 e. The van der Waals surface area contributed by atoms with Gasteiger partial charge in [0.1, 0.15) is 12.2 Å². The molecule has 0 atom stereocenters. The van der Waals surface area contributed by atoms with Crippen molar-refractivity contribution in [2.24, 2.45) is 0 Å². The Balaban J connectivity index is 1.53. The van der Waals surface area contributed by atoms with Gasteiger partial charge in [0.2, 0.25) is 5.91 Å². The van der Waals surface area contributed by atoms with Gasteiger partial charge in [-0.05, 0) is 19.2 Å². The van der Waals surface area contributed by atoms with Crippen LogP contribution in [0.4, 0.5) is 0 Å². The van der Waals surface area contributed by atoms with Gasteiger partial charge in [-0.2, -0.15) is 0 Å². The van der Waals surface area contributed by atoms with E-state index in [9.17, 15) is 4.79 Å². The minimum atomic E-state index is 0.0872. The fourth-order valence-corrected chi connectivity index (χ4v) is 3.12. The molecule has 3 aromatic rings. The van der Waals surface area contributed by atoms with Gasteiger partial charge in [0.15, 0.2) is 0 Å². The Bertz CT molecular complexity index is 892. The molecule has 0 radical (unpaired) electrons. The molecule has 7 heteroatoms. The van der Waals surface area contributed by atoms with Crippen LogP contribution in [0.2, 0.25) is 0 Å². The number of rotatable bonds is 3. The van der Waals surface area contributed by atoms with Crippen LogP contribution in [0.25, 0.3) is 22.2 Å². The Kier molecular flexibility index (Phi) is 4.15. The average Bonchev–Trinajstić information content (AvgIpc) is 3.10. The van der Waals surface area contributed by atoms with Crippen molar-refractivity contribution < 1.29 is 4.79 Å². The molecule has 0 N–H and O–H groups in total. The van der Waals surface area contributed by atoms with E-state index in [4.69, 9.17) is 0 Å². The SMILES string of the molecule is CN1CCN(C(=O)Cn2cc(-c3cccc4ncccc34)nn2)CC1. The molecular weight excluding hydrogens is 316 g/mol. The van der Waals surface area contributed by atoms with E-state index in [0.717, 1.165) is 48.3 Å². The number of aromatic nitrogens is 4. The summed E-state index contributed by atoms with van der Waals surface area (Å²) in [5.74, 6) is 0.0872. The topological polar surface area (TPSA) is 67.2 Å². The highest BCUT2D eigenvalue weighted by Gasteiger charge is 2.20. The van der Waals surface area contributed by atoms with Crippen molar-refractivity contribution in [3.05, 3.63) is 42.7 Å². The summed E-state index contributed by atoms with van der Waals surface area (Å²) >= 11 is 0. The Hall–Kier alpha value is -2.80. The van der Waals surface area contributed by atoms with Crippen molar-refractivity contribution in [2.75, 3.05) is 33.2 Å². The molecule has 0 spiro atoms. The fraction of sp³-hybridized carbons (Fsp3) is 0.333. The number of benzene rings is 1. The van der Waals surface area contributed by atoms with Gasteiger partial charge in [-0.25, -0.2) is 4.68 Å². The summed E-state index contributed by atoms with van der Waals surface area (Å²) in [6.45, 7) is 3.59. The molecule has 7 nitrogen and oxygen atoms in total. The van der Waals surface area contributed by atoms with Crippen molar-refractivity contribution in [3.8, 4) is 11.3 Å². The van der Waals surface area contributed by atoms with Gasteiger partial charge < -0.3 is 9.80 Å². The van der Waals surface area contributed by atoms with Gasteiger partial charge in [-0.3, -0.25) is 9.78 Å². The first kappa shape index (κ1) is 15.7. The van der Waals surface area contributed by atoms with Crippen molar-refractivity contribution in [1.82, 2.24) is 29.8 Å². The van der Waals surface area contributed by atoms with Crippen molar-refractivity contribution in [3.63, 3.8) is 0 Å². The maximum atomic E-state index is 12.4. The van der Waals surface area contributed by atoms with Crippen LogP contribution in [0.1, 0.15) is 0 Å². The Morgan fingerprint density at radius 2 is 1.96 bits per heavy atom. The van der Waals surface area contributed by atoms with Crippen LogP contribution in [-0.4, -0.2) is 68.9 Å². The molecule has 1 aliphatic heterocycles. The highest BCUT2D eigenvalue weighted by molar-refractivity contribution is 5.93. The highest BCUT2D eigenvalue weighted by atomic mass is 16.2. The van der Waals surface area contributed by atoms with Crippen LogP contribution in [-0.2, 0) is 11.3 Å². The summed E-state index contributed by atoms with van der Waals surface area (Å²) in [5.41, 5.74) is 2.65. The predicted molar refractivity (Wildman–Crippen MR) is 94.8 cm³/mol. The van der Waals surface area contributed by atoms with E-state index >= 15 is 0 Å². The van der Waals surface area contributed by atoms with E-state index in [1.165, 1.54) is 0 Å². The number of amides is 1. The first-order chi connectivity index (χ1) is 12.2. The predicted octanol–water partition coefficient (Wildman–Crippen LogP) is 1.27. The lowest BCUT2D eigenvalue weighted by Crippen LogP contribution is -2.48. The largest absolute Gasteiger partial charge is 0.339 e. The molecule has 1 fully saturated rings. The molecule has 128 valence electrons. The second-order valence-electron chi connectivity index (χ2n) is 6.36. The number of fused-ring (bicyclic) bond motifs is 1. The van der Waals surface area contributed by atoms with Gasteiger partial charge >= 0.3 is 0 Å². The number of pyridine rings is 1. The minimum Gasteiger partial charge on any atom is -0.339 e. The molecule has 4 rings (SSSR count). The minimum absolute atomic E-state index is 0.0872. The first-order valence-corrected chi connectivity index (χ1v) is 8.41. The molecular formula is C18H20N6O. The molecule has 2 aromatic heterocycles. The Labute approximate surface area is 145 Å². The number of piperazine rings is 1. The van der Waals surface area contributed by atoms with Gasteiger partial charge in [0.05, 0.1) is 11.7 Å². The summed E-state index contributed by atoms with van der Waals surface area (Å²) in [7, 11) is 2.07. The van der Waals surface area contributed by atoms with Gasteiger partial charge in [-0.1, -0.05) is 23.4 Å². The zero-order valence-corrected chi connectivity index (χ0v) is 14.2. The molecule has 3 heterocycles. The standard InChI is InChI=1S/C18H20N6O/c1-22-8-10-23(11-9-22)18(25)13-24-12-17(20-21-24)15-4-2-6-16-14(15)5-3-7-19-16/h2-7,12H,8-11,13H2,1H3. The monoisotopic (exact) mass is 336 g/mol. The molecule has 25 heavy (non-hydrogen) atoms. The van der Waals surface area contributed by atoms with E-state index in [1.807, 2.05) is 41.4 Å². The number of carbonyl (C=O) groups excluding carboxylic acids is 1. The first-order valence-electron chi connectivity index (χ1n) is 8.41. The third-order valence-electron chi connectivity index (χ3n) is 4.61. The third kappa shape index (κ3) is 3.23. The summed E-state index contributed by atoms with van der Waals surface area (Å²) in [6, 6.07) is 9.86. The summed E-state index contributed by atoms with van der Waals surface area (Å²) in [4.78, 5) is 20.9. The molecule has 0 aliphatic carbocycles. The van der Waals surface area contributed by atoms with Crippen LogP contribution in [0, 0.1) is 0 Å². The van der Waals surface area contributed by atoms with Gasteiger partial charge in [0.25, 0.3) is 0 Å². The second kappa shape index (κ2) is 6.60. The van der Waals surface area contributed by atoms with E-state index in [1.54, 1.807) is 10.9 Å². The fourth-order valence-electron chi connectivity index (χ4n) is 3.12. The number of hydrogen-bond donors (Lipinski definition) is 0. The van der Waals surface area contributed by atoms with Crippen molar-refractivity contribution in [1.29, 1.82) is 0 Å². The Morgan fingerprint density at radius 1 is 1.12 bits per heavy atom. The van der Waals surface area contributed by atoms with Crippen LogP contribution in [0.15, 0.2) is 42.7 Å². The highest BCUT2D eigenvalue weighted by Crippen LogP contribution is 2.25. The zero-order chi connectivity index (χ0) is 17.2. The normalized spacial score (nSPS) is 15.6. The summed E-state index contributed by atoms with van der Waals surface area (Å²) in [5, 5.41) is 9.42. The quantitative estimate of drug-likeness (QED) is 0.720. The molecule has 0 bridgehead atoms. The van der Waals surface area contributed by atoms with Crippen LogP contribution >= 0.6 is 0 Å². The lowest BCUT2D eigenvalue weighted by Gasteiger charge is -2.32. The molecule has 1 amide bonds. The van der Waals surface area contributed by atoms with Gasteiger partial charge in [-0.15, -0.1) is 5.10 Å². The average molecular weight is 336 g/mol. The Morgan fingerprint density at radius 3 is 2.80 bits per heavy atom. The molecule has 1 aromatic carbocycles. The van der Waals surface area contributed by atoms with E-state index in [2.05, 4.69) is 27.2 Å². The van der Waals surface area contributed by atoms with Crippen LogP contribution in [0.3, 0.4) is 0 Å². The summed E-state index contributed by atoms with van der Waals surface area (Å²) in [6.07, 6.45) is 3.60. The molecule has 0 saturated carbocycles. The molecule has 0 unspecified atom stereocenters. The maximum Gasteiger partial charge on any atom is 0.244 e. The van der Waals surface area contributed by atoms with E-state index in [-0.39, 0.29) is 12.5 Å². The van der Waals surface area contributed by atoms with Crippen LogP contribution < -0.4 is 0 Å². The summed E-state index contributed by atoms with van der Waals surface area (Å²) < 4.78 is 1.62. The number of likely N-dealkylation sites (N-methyl/N-ethyl adjacent to an activating group) is 1. The van der Waals surface area contributed by atoms with Crippen molar-refractivity contribution in [2.45, 2.75) is 6.54 Å². The number of nitrogens with zero attached hydrogens (tertiary/aromatic N) is 6. The van der Waals surface area contributed by atoms with Crippen LogP contribution in [0.5, 0.6) is 0 Å². The number of hydrogen-bond acceptors (Lipinski definition) is 5. The van der Waals surface area contributed by atoms with E-state index < -0.39 is 0 Å². The van der Waals surface area contributed by atoms with Gasteiger partial charge in [0, 0.05) is 43.3 Å². The lowest BCUT2D eigenvalue weighted by molar-refractivity contribution is -0.133. The zero-order valence-electron chi connectivity index (χ0n) is 14.2. The molecule has 1 aliphatic rings. The number of carbonyl (C=O) groups is 1. The molecule has 1 saturated heterocycles.